The number of anilines is 2. The maximum Gasteiger partial charge on any atom is 0.354 e. The van der Waals surface area contributed by atoms with Crippen LogP contribution in [0.15, 0.2) is 54.7 Å². The summed E-state index contributed by atoms with van der Waals surface area (Å²) in [5.74, 6) is -0.934. The fraction of sp³-hybridized carbons (Fsp3) is 0.406. The molecule has 7 rings (SSSR count). The molecule has 6 heterocycles. The van der Waals surface area contributed by atoms with Gasteiger partial charge in [-0.05, 0) is 61.2 Å². The van der Waals surface area contributed by atoms with Crippen molar-refractivity contribution in [3.8, 4) is 0 Å². The Morgan fingerprint density at radius 1 is 1.07 bits per heavy atom. The van der Waals surface area contributed by atoms with Crippen molar-refractivity contribution in [2.45, 2.75) is 38.1 Å². The second-order valence-corrected chi connectivity index (χ2v) is 12.6. The van der Waals surface area contributed by atoms with Gasteiger partial charge in [-0.1, -0.05) is 25.1 Å². The normalized spacial score (nSPS) is 22.8. The van der Waals surface area contributed by atoms with Crippen LogP contribution in [0.3, 0.4) is 0 Å². The molecular formula is C32H34FN7O4. The van der Waals surface area contributed by atoms with E-state index in [2.05, 4.69) is 43.2 Å². The summed E-state index contributed by atoms with van der Waals surface area (Å²) in [5.41, 5.74) is 2.99. The minimum atomic E-state index is -1.07. The van der Waals surface area contributed by atoms with E-state index < -0.39 is 5.97 Å². The molecule has 1 spiro atoms. The number of pyridine rings is 2. The fourth-order valence-electron chi connectivity index (χ4n) is 6.86. The number of carbonyl (C=O) groups excluding carboxylic acids is 1. The predicted molar refractivity (Wildman–Crippen MR) is 161 cm³/mol. The maximum atomic E-state index is 14.0. The van der Waals surface area contributed by atoms with Crippen molar-refractivity contribution < 1.29 is 23.8 Å². The van der Waals surface area contributed by atoms with Crippen LogP contribution >= 0.6 is 0 Å². The van der Waals surface area contributed by atoms with Gasteiger partial charge in [-0.15, -0.1) is 5.10 Å². The van der Waals surface area contributed by atoms with E-state index in [-0.39, 0.29) is 40.1 Å². The first-order valence-electron chi connectivity index (χ1n) is 14.8. The van der Waals surface area contributed by atoms with Crippen molar-refractivity contribution >= 4 is 29.0 Å². The number of aryl methyl sites for hydroxylation is 1. The lowest BCUT2D eigenvalue weighted by atomic mass is 9.73. The highest BCUT2D eigenvalue weighted by atomic mass is 19.1. The average molecular weight is 600 g/mol. The molecule has 0 radical (unpaired) electrons. The van der Waals surface area contributed by atoms with Gasteiger partial charge in [-0.2, -0.15) is 0 Å². The van der Waals surface area contributed by atoms with E-state index in [0.717, 1.165) is 36.3 Å². The van der Waals surface area contributed by atoms with Crippen molar-refractivity contribution in [1.29, 1.82) is 0 Å². The van der Waals surface area contributed by atoms with E-state index in [9.17, 15) is 19.1 Å². The van der Waals surface area contributed by atoms with Crippen molar-refractivity contribution in [2.75, 3.05) is 49.2 Å². The number of fused-ring (bicyclic) bond motifs is 1. The number of aromatic carboxylic acids is 1. The second-order valence-electron chi connectivity index (χ2n) is 12.6. The molecule has 228 valence electrons. The Balaban J connectivity index is 1.07. The Kier molecular flexibility index (Phi) is 6.76. The molecule has 3 aromatic heterocycles. The highest BCUT2D eigenvalue weighted by Gasteiger charge is 2.50. The molecule has 1 aromatic carbocycles. The molecule has 11 nitrogen and oxygen atoms in total. The molecule has 12 heteroatoms. The zero-order chi connectivity index (χ0) is 30.6. The predicted octanol–water partition coefficient (Wildman–Crippen LogP) is 3.46. The summed E-state index contributed by atoms with van der Waals surface area (Å²) in [6.07, 6.45) is 3.44. The number of carboxylic acid groups (broad SMARTS) is 1. The number of hydrogen-bond donors (Lipinski definition) is 2. The molecule has 1 unspecified atom stereocenters. The monoisotopic (exact) mass is 599 g/mol. The van der Waals surface area contributed by atoms with E-state index in [1.54, 1.807) is 28.8 Å². The maximum absolute atomic E-state index is 14.0. The summed E-state index contributed by atoms with van der Waals surface area (Å²) in [5, 5.41) is 17.1. The van der Waals surface area contributed by atoms with Crippen molar-refractivity contribution in [2.24, 2.45) is 5.41 Å². The van der Waals surface area contributed by atoms with E-state index in [0.29, 0.717) is 44.2 Å². The molecule has 2 atom stereocenters. The van der Waals surface area contributed by atoms with Gasteiger partial charge in [0.25, 0.3) is 5.91 Å². The molecule has 4 aromatic rings. The summed E-state index contributed by atoms with van der Waals surface area (Å²) >= 11 is 0. The third kappa shape index (κ3) is 4.92. The molecule has 3 aliphatic rings. The van der Waals surface area contributed by atoms with Crippen molar-refractivity contribution in [1.82, 2.24) is 24.9 Å². The van der Waals surface area contributed by atoms with E-state index in [4.69, 9.17) is 4.74 Å². The summed E-state index contributed by atoms with van der Waals surface area (Å²) in [7, 11) is 0. The Morgan fingerprint density at radius 2 is 1.89 bits per heavy atom. The van der Waals surface area contributed by atoms with Crippen molar-refractivity contribution in [3.63, 3.8) is 0 Å². The highest BCUT2D eigenvalue weighted by molar-refractivity contribution is 5.91. The Hall–Kier alpha value is -4.58. The minimum absolute atomic E-state index is 0.00135. The largest absolute Gasteiger partial charge is 0.477 e. The number of halogens is 1. The number of nitrogens with one attached hydrogen (secondary N) is 1. The van der Waals surface area contributed by atoms with Crippen molar-refractivity contribution in [3.05, 3.63) is 83.2 Å². The Labute approximate surface area is 253 Å². The number of amides is 1. The zero-order valence-electron chi connectivity index (χ0n) is 24.7. The number of piperidine rings is 1. The van der Waals surface area contributed by atoms with Gasteiger partial charge in [0.1, 0.15) is 11.6 Å². The third-order valence-electron chi connectivity index (χ3n) is 9.46. The van der Waals surface area contributed by atoms with Crippen LogP contribution in [0.1, 0.15) is 52.0 Å². The molecule has 44 heavy (non-hydrogen) atoms. The SMILES string of the molecule is Cc1cc(N2CC[C@](C)(c3cccc(F)c3)C2)cn2nc(C(=O)NC3CCN(c4cccc(C(=O)O)n4)CC34COC4)nc12. The number of benzene rings is 1. The lowest BCUT2D eigenvalue weighted by Crippen LogP contribution is -2.66. The number of nitrogens with zero attached hydrogens (tertiary/aromatic N) is 6. The van der Waals surface area contributed by atoms with Crippen LogP contribution in [0.5, 0.6) is 0 Å². The Morgan fingerprint density at radius 3 is 2.64 bits per heavy atom. The van der Waals surface area contributed by atoms with Crippen LogP contribution in [-0.4, -0.2) is 82.0 Å². The van der Waals surface area contributed by atoms with Crippen LogP contribution < -0.4 is 15.1 Å². The summed E-state index contributed by atoms with van der Waals surface area (Å²) < 4.78 is 21.2. The molecule has 2 N–H and O–H groups in total. The number of aromatic nitrogens is 4. The highest BCUT2D eigenvalue weighted by Crippen LogP contribution is 2.39. The van der Waals surface area contributed by atoms with Gasteiger partial charge in [0.05, 0.1) is 30.5 Å². The smallest absolute Gasteiger partial charge is 0.354 e. The van der Waals surface area contributed by atoms with Gasteiger partial charge in [0.2, 0.25) is 5.82 Å². The quantitative estimate of drug-likeness (QED) is 0.343. The minimum Gasteiger partial charge on any atom is -0.477 e. The van der Waals surface area contributed by atoms with E-state index in [1.165, 1.54) is 12.1 Å². The molecule has 0 saturated carbocycles. The van der Waals surface area contributed by atoms with Crippen LogP contribution in [0.2, 0.25) is 0 Å². The van der Waals surface area contributed by atoms with Crippen LogP contribution in [0.4, 0.5) is 15.9 Å². The number of ether oxygens (including phenoxy) is 1. The van der Waals surface area contributed by atoms with E-state index >= 15 is 0 Å². The lowest BCUT2D eigenvalue weighted by molar-refractivity contribution is -0.132. The van der Waals surface area contributed by atoms with Gasteiger partial charge < -0.3 is 25.0 Å². The fourth-order valence-corrected chi connectivity index (χ4v) is 6.86. The van der Waals surface area contributed by atoms with Gasteiger partial charge in [-0.25, -0.2) is 23.7 Å². The van der Waals surface area contributed by atoms with Gasteiger partial charge in [0, 0.05) is 37.6 Å². The molecule has 0 bridgehead atoms. The number of carbonyl (C=O) groups is 2. The molecular weight excluding hydrogens is 565 g/mol. The van der Waals surface area contributed by atoms with Crippen LogP contribution in [0.25, 0.3) is 5.65 Å². The number of hydrogen-bond acceptors (Lipinski definition) is 8. The molecule has 3 fully saturated rings. The first-order chi connectivity index (χ1) is 21.1. The second kappa shape index (κ2) is 10.5. The topological polar surface area (TPSA) is 125 Å². The lowest BCUT2D eigenvalue weighted by Gasteiger charge is -2.53. The molecule has 3 saturated heterocycles. The third-order valence-corrected chi connectivity index (χ3v) is 9.46. The molecule has 3 aliphatic heterocycles. The van der Waals surface area contributed by atoms with Gasteiger partial charge >= 0.3 is 5.97 Å². The molecule has 1 amide bonds. The Bertz CT molecular complexity index is 1770. The summed E-state index contributed by atoms with van der Waals surface area (Å²) in [6.45, 7) is 7.84. The summed E-state index contributed by atoms with van der Waals surface area (Å²) in [6, 6.07) is 13.7. The standard InChI is InChI=1S/C32H34FN7O4/c1-20-13-23(38-12-10-31(2,16-38)21-5-3-6-22(33)14-21)15-40-28(20)36-27(37-40)29(41)35-25-9-11-39(17-32(25)18-44-19-32)26-8-4-7-24(34-26)30(42)43/h3-8,13-15,25H,9-12,16-19H2,1-2H3,(H,35,41)(H,42,43)/t25?,31-/m0/s1. The zero-order valence-corrected chi connectivity index (χ0v) is 24.7. The first kappa shape index (κ1) is 28.2. The van der Waals surface area contributed by atoms with E-state index in [1.807, 2.05) is 19.2 Å². The van der Waals surface area contributed by atoms with Crippen LogP contribution in [-0.2, 0) is 10.2 Å². The van der Waals surface area contributed by atoms with Gasteiger partial charge in [-0.3, -0.25) is 4.79 Å². The molecule has 0 aliphatic carbocycles. The first-order valence-corrected chi connectivity index (χ1v) is 14.8. The van der Waals surface area contributed by atoms with Crippen LogP contribution in [0, 0.1) is 18.2 Å². The number of rotatable bonds is 6. The summed E-state index contributed by atoms with van der Waals surface area (Å²) in [4.78, 5) is 38.1. The van der Waals surface area contributed by atoms with Gasteiger partial charge in [0.15, 0.2) is 11.3 Å². The number of carboxylic acids is 1. The average Bonchev–Trinajstić information content (AvgIpc) is 3.62.